The molecule has 0 radical (unpaired) electrons. The number of hydrogen-bond acceptors (Lipinski definition) is 2. The van der Waals surface area contributed by atoms with Crippen LogP contribution in [0.5, 0.6) is 0 Å². The first kappa shape index (κ1) is 13.3. The van der Waals surface area contributed by atoms with Gasteiger partial charge in [-0.3, -0.25) is 4.79 Å². The number of carbonyl (C=O) groups excluding carboxylic acids is 1. The first-order chi connectivity index (χ1) is 10.7. The van der Waals surface area contributed by atoms with Crippen LogP contribution in [0.2, 0.25) is 5.02 Å². The highest BCUT2D eigenvalue weighted by Crippen LogP contribution is 2.41. The lowest BCUT2D eigenvalue weighted by Crippen LogP contribution is -2.09. The SMILES string of the molecule is O=C(Cn1ccnc1)c1ccc2c(c1)Cc1cccc(Cl)c1-2. The fourth-order valence-electron chi connectivity index (χ4n) is 3.02. The molecule has 0 saturated carbocycles. The van der Waals surface area contributed by atoms with Gasteiger partial charge in [-0.05, 0) is 35.2 Å². The second-order valence-corrected chi connectivity index (χ2v) is 5.89. The Kier molecular flexibility index (Phi) is 3.09. The molecule has 3 aromatic rings. The number of fused-ring (bicyclic) bond motifs is 3. The minimum absolute atomic E-state index is 0.0860. The molecule has 108 valence electrons. The molecule has 0 N–H and O–H groups in total. The molecular weight excluding hydrogens is 296 g/mol. The minimum Gasteiger partial charge on any atom is -0.330 e. The fourth-order valence-corrected chi connectivity index (χ4v) is 3.31. The number of aromatic nitrogens is 2. The Morgan fingerprint density at radius 1 is 1.23 bits per heavy atom. The van der Waals surface area contributed by atoms with E-state index in [1.165, 1.54) is 11.1 Å². The Morgan fingerprint density at radius 3 is 2.95 bits per heavy atom. The average Bonchev–Trinajstić information content (AvgIpc) is 3.13. The molecule has 3 nitrogen and oxygen atoms in total. The van der Waals surface area contributed by atoms with E-state index in [-0.39, 0.29) is 5.78 Å². The van der Waals surface area contributed by atoms with Crippen molar-refractivity contribution in [2.75, 3.05) is 0 Å². The Balaban J connectivity index is 1.68. The van der Waals surface area contributed by atoms with Crippen molar-refractivity contribution in [2.24, 2.45) is 0 Å². The van der Waals surface area contributed by atoms with Crippen molar-refractivity contribution < 1.29 is 4.79 Å². The van der Waals surface area contributed by atoms with Gasteiger partial charge in [0.1, 0.15) is 0 Å². The molecule has 0 atom stereocenters. The van der Waals surface area contributed by atoms with Gasteiger partial charge < -0.3 is 4.57 Å². The Labute approximate surface area is 133 Å². The number of halogens is 1. The highest BCUT2D eigenvalue weighted by Gasteiger charge is 2.21. The number of ketones is 1. The predicted molar refractivity (Wildman–Crippen MR) is 86.3 cm³/mol. The lowest BCUT2D eigenvalue weighted by atomic mass is 10.0. The van der Waals surface area contributed by atoms with E-state index >= 15 is 0 Å². The number of Topliss-reactive ketones (excluding diaryl/α,β-unsaturated/α-hetero) is 1. The summed E-state index contributed by atoms with van der Waals surface area (Å²) in [5.41, 5.74) is 5.37. The molecule has 0 fully saturated rings. The third-order valence-corrected chi connectivity index (χ3v) is 4.38. The van der Waals surface area contributed by atoms with Gasteiger partial charge in [0.05, 0.1) is 12.9 Å². The summed E-state index contributed by atoms with van der Waals surface area (Å²) in [4.78, 5) is 16.3. The Bertz CT molecular complexity index is 869. The van der Waals surface area contributed by atoms with Crippen molar-refractivity contribution in [3.8, 4) is 11.1 Å². The maximum Gasteiger partial charge on any atom is 0.182 e. The van der Waals surface area contributed by atoms with Gasteiger partial charge in [-0.25, -0.2) is 4.98 Å². The van der Waals surface area contributed by atoms with Crippen LogP contribution in [0.15, 0.2) is 55.1 Å². The topological polar surface area (TPSA) is 34.9 Å². The number of carbonyl (C=O) groups is 1. The normalized spacial score (nSPS) is 12.0. The highest BCUT2D eigenvalue weighted by molar-refractivity contribution is 6.33. The van der Waals surface area contributed by atoms with Crippen LogP contribution in [0.1, 0.15) is 21.5 Å². The highest BCUT2D eigenvalue weighted by atomic mass is 35.5. The molecule has 1 aromatic heterocycles. The van der Waals surface area contributed by atoms with Crippen molar-refractivity contribution in [1.82, 2.24) is 9.55 Å². The average molecular weight is 309 g/mol. The molecule has 1 aliphatic carbocycles. The maximum absolute atomic E-state index is 12.4. The molecule has 0 amide bonds. The lowest BCUT2D eigenvalue weighted by molar-refractivity contribution is 0.0972. The number of nitrogens with zero attached hydrogens (tertiary/aromatic N) is 2. The van der Waals surface area contributed by atoms with Gasteiger partial charge in [-0.15, -0.1) is 0 Å². The maximum atomic E-state index is 12.4. The summed E-state index contributed by atoms with van der Waals surface area (Å²) in [5.74, 6) is 0.0860. The summed E-state index contributed by atoms with van der Waals surface area (Å²) in [6, 6.07) is 11.9. The summed E-state index contributed by atoms with van der Waals surface area (Å²) in [6.45, 7) is 0.312. The minimum atomic E-state index is 0.0860. The van der Waals surface area contributed by atoms with E-state index in [9.17, 15) is 4.79 Å². The summed E-state index contributed by atoms with van der Waals surface area (Å²) in [5, 5.41) is 0.772. The van der Waals surface area contributed by atoms with E-state index in [1.54, 1.807) is 23.3 Å². The summed E-state index contributed by atoms with van der Waals surface area (Å²) < 4.78 is 1.78. The lowest BCUT2D eigenvalue weighted by Gasteiger charge is -2.06. The van der Waals surface area contributed by atoms with Crippen LogP contribution >= 0.6 is 11.6 Å². The zero-order chi connectivity index (χ0) is 15.1. The van der Waals surface area contributed by atoms with Gasteiger partial charge >= 0.3 is 0 Å². The smallest absolute Gasteiger partial charge is 0.182 e. The van der Waals surface area contributed by atoms with Crippen molar-refractivity contribution in [2.45, 2.75) is 13.0 Å². The second-order valence-electron chi connectivity index (χ2n) is 5.48. The quantitative estimate of drug-likeness (QED) is 0.536. The zero-order valence-electron chi connectivity index (χ0n) is 11.8. The molecule has 0 unspecified atom stereocenters. The van der Waals surface area contributed by atoms with Crippen LogP contribution in [-0.4, -0.2) is 15.3 Å². The molecule has 2 aromatic carbocycles. The zero-order valence-corrected chi connectivity index (χ0v) is 12.5. The van der Waals surface area contributed by atoms with E-state index in [0.29, 0.717) is 6.54 Å². The Hall–Kier alpha value is -2.39. The van der Waals surface area contributed by atoms with Gasteiger partial charge in [0, 0.05) is 28.5 Å². The third kappa shape index (κ3) is 2.14. The van der Waals surface area contributed by atoms with Gasteiger partial charge in [0.2, 0.25) is 0 Å². The molecule has 22 heavy (non-hydrogen) atoms. The van der Waals surface area contributed by atoms with E-state index in [2.05, 4.69) is 11.1 Å². The third-order valence-electron chi connectivity index (χ3n) is 4.06. The van der Waals surface area contributed by atoms with Crippen LogP contribution < -0.4 is 0 Å². The van der Waals surface area contributed by atoms with Crippen LogP contribution in [0.4, 0.5) is 0 Å². The monoisotopic (exact) mass is 308 g/mol. The van der Waals surface area contributed by atoms with Crippen LogP contribution in [0.25, 0.3) is 11.1 Å². The summed E-state index contributed by atoms with van der Waals surface area (Å²) in [7, 11) is 0. The number of hydrogen-bond donors (Lipinski definition) is 0. The number of imidazole rings is 1. The van der Waals surface area contributed by atoms with Crippen molar-refractivity contribution >= 4 is 17.4 Å². The summed E-state index contributed by atoms with van der Waals surface area (Å²) in [6.07, 6.45) is 5.95. The molecule has 4 heteroatoms. The van der Waals surface area contributed by atoms with Crippen LogP contribution in [-0.2, 0) is 13.0 Å². The van der Waals surface area contributed by atoms with Crippen molar-refractivity contribution in [1.29, 1.82) is 0 Å². The van der Waals surface area contributed by atoms with E-state index in [1.807, 2.05) is 30.3 Å². The van der Waals surface area contributed by atoms with Crippen molar-refractivity contribution in [3.05, 3.63) is 76.8 Å². The van der Waals surface area contributed by atoms with Gasteiger partial charge in [0.25, 0.3) is 0 Å². The van der Waals surface area contributed by atoms with E-state index in [0.717, 1.165) is 28.1 Å². The Morgan fingerprint density at radius 2 is 2.14 bits per heavy atom. The van der Waals surface area contributed by atoms with Gasteiger partial charge in [-0.2, -0.15) is 0 Å². The molecule has 1 heterocycles. The number of benzene rings is 2. The standard InChI is InChI=1S/C18H13ClN2O/c19-16-3-1-2-13-9-14-8-12(4-5-15(14)18(13)16)17(22)10-21-7-6-20-11-21/h1-8,11H,9-10H2. The second kappa shape index (κ2) is 5.11. The van der Waals surface area contributed by atoms with E-state index in [4.69, 9.17) is 11.6 Å². The van der Waals surface area contributed by atoms with Crippen LogP contribution in [0.3, 0.4) is 0 Å². The first-order valence-corrected chi connectivity index (χ1v) is 7.50. The van der Waals surface area contributed by atoms with E-state index < -0.39 is 0 Å². The fraction of sp³-hybridized carbons (Fsp3) is 0.111. The molecular formula is C18H13ClN2O. The first-order valence-electron chi connectivity index (χ1n) is 7.12. The molecule has 0 aliphatic heterocycles. The number of rotatable bonds is 3. The van der Waals surface area contributed by atoms with Crippen molar-refractivity contribution in [3.63, 3.8) is 0 Å². The predicted octanol–water partition coefficient (Wildman–Crippen LogP) is 3.99. The molecule has 0 bridgehead atoms. The molecule has 0 saturated heterocycles. The van der Waals surface area contributed by atoms with Gasteiger partial charge in [0.15, 0.2) is 5.78 Å². The largest absolute Gasteiger partial charge is 0.330 e. The molecule has 1 aliphatic rings. The van der Waals surface area contributed by atoms with Gasteiger partial charge in [-0.1, -0.05) is 35.9 Å². The summed E-state index contributed by atoms with van der Waals surface area (Å²) >= 11 is 6.32. The molecule has 4 rings (SSSR count). The van der Waals surface area contributed by atoms with Crippen LogP contribution in [0, 0.1) is 0 Å². The molecule has 0 spiro atoms.